The molecule has 4 nitrogen and oxygen atoms in total. The number of hydrogen-bond acceptors (Lipinski definition) is 2. The van der Waals surface area contributed by atoms with Crippen molar-refractivity contribution >= 4 is 6.47 Å². The molecule has 0 heterocycles. The van der Waals surface area contributed by atoms with Gasteiger partial charge in [0.25, 0.3) is 6.47 Å². The Morgan fingerprint density at radius 1 is 1.06 bits per heavy atom. The van der Waals surface area contributed by atoms with Gasteiger partial charge in [-0.3, -0.25) is 4.79 Å². The highest BCUT2D eigenvalue weighted by Gasteiger charge is 2.20. The second kappa shape index (κ2) is 10.7. The number of rotatable bonds is 5. The molecule has 4 heteroatoms. The predicted molar refractivity (Wildman–Crippen MR) is 75.7 cm³/mol. The number of benzene rings is 1. The van der Waals surface area contributed by atoms with Gasteiger partial charge in [-0.05, 0) is 20.8 Å². The third-order valence-corrected chi connectivity index (χ3v) is 3.37. The Hall–Kier alpha value is -1.39. The van der Waals surface area contributed by atoms with Gasteiger partial charge in [-0.1, -0.05) is 30.3 Å². The Labute approximate surface area is 110 Å². The van der Waals surface area contributed by atoms with Crippen molar-refractivity contribution in [2.45, 2.75) is 27.3 Å². The zero-order chi connectivity index (χ0) is 13.1. The van der Waals surface area contributed by atoms with Crippen molar-refractivity contribution in [2.24, 2.45) is 0 Å². The van der Waals surface area contributed by atoms with Crippen molar-refractivity contribution in [3.63, 3.8) is 0 Å². The van der Waals surface area contributed by atoms with Crippen LogP contribution in [0.3, 0.4) is 0 Å². The molecule has 0 saturated heterocycles. The monoisotopic (exact) mass is 255 g/mol. The quantitative estimate of drug-likeness (QED) is 0.627. The summed E-state index contributed by atoms with van der Waals surface area (Å²) in [5.41, 5.74) is 1.46. The molecule has 1 aromatic rings. The summed E-state index contributed by atoms with van der Waals surface area (Å²) in [6.07, 6.45) is 0. The number of hydrogen-bond donors (Lipinski definition) is 2. The van der Waals surface area contributed by atoms with E-state index >= 15 is 0 Å². The molecule has 4 N–H and O–H groups in total. The first-order chi connectivity index (χ1) is 8.17. The fraction of sp³-hybridized carbons (Fsp3) is 0.500. The number of carbonyl (C=O) groups is 1. The normalized spacial score (nSPS) is 9.72. The molecular weight excluding hydrogens is 228 g/mol. The van der Waals surface area contributed by atoms with Crippen molar-refractivity contribution in [2.75, 3.05) is 19.6 Å². The summed E-state index contributed by atoms with van der Waals surface area (Å²) in [6, 6.07) is 10.8. The van der Waals surface area contributed by atoms with Gasteiger partial charge in [0.15, 0.2) is 0 Å². The predicted octanol–water partition coefficient (Wildman–Crippen LogP) is 2.93. The highest BCUT2D eigenvalue weighted by molar-refractivity contribution is 5.32. The number of quaternary nitrogens is 1. The van der Waals surface area contributed by atoms with Gasteiger partial charge >= 0.3 is 0 Å². The zero-order valence-corrected chi connectivity index (χ0v) is 11.8. The Morgan fingerprint density at radius 3 is 1.78 bits per heavy atom. The van der Waals surface area contributed by atoms with Crippen LogP contribution >= 0.6 is 0 Å². The van der Waals surface area contributed by atoms with E-state index in [1.54, 1.807) is 0 Å². The molecule has 0 aromatic heterocycles. The summed E-state index contributed by atoms with van der Waals surface area (Å²) in [4.78, 5) is 8.36. The van der Waals surface area contributed by atoms with E-state index in [2.05, 4.69) is 51.1 Å². The Balaban J connectivity index is 0. The van der Waals surface area contributed by atoms with Crippen LogP contribution in [0.4, 0.5) is 0 Å². The first-order valence-corrected chi connectivity index (χ1v) is 6.14. The Kier molecular flexibility index (Phi) is 11.3. The summed E-state index contributed by atoms with van der Waals surface area (Å²) in [6.45, 7) is 11.5. The second-order valence-corrected chi connectivity index (χ2v) is 4.04. The first kappa shape index (κ1) is 19.0. The maximum absolute atomic E-state index is 8.36. The molecule has 18 heavy (non-hydrogen) atoms. The largest absolute Gasteiger partial charge is 0.483 e. The fourth-order valence-electron chi connectivity index (χ4n) is 1.98. The standard InChI is InChI=1S/C13H22N.CH2O2.H3N/c1-4-14(5-2,6-3)12-13-10-8-7-9-11-13;2-1-3;/h7-11H,4-6,12H2,1-3H3;1H,(H,2,3);1H3/q+1;;. The molecule has 0 aliphatic heterocycles. The van der Waals surface area contributed by atoms with Crippen LogP contribution in [0.25, 0.3) is 0 Å². The molecule has 1 rings (SSSR count). The summed E-state index contributed by atoms with van der Waals surface area (Å²) in [7, 11) is 0. The third kappa shape index (κ3) is 6.37. The highest BCUT2D eigenvalue weighted by Crippen LogP contribution is 2.13. The van der Waals surface area contributed by atoms with Gasteiger partial charge in [-0.15, -0.1) is 0 Å². The molecule has 0 aliphatic carbocycles. The SMILES string of the molecule is CC[N+](CC)(CC)Cc1ccccc1.N.O=CO. The lowest BCUT2D eigenvalue weighted by molar-refractivity contribution is -0.936. The van der Waals surface area contributed by atoms with Crippen molar-refractivity contribution in [1.29, 1.82) is 0 Å². The van der Waals surface area contributed by atoms with Crippen molar-refractivity contribution < 1.29 is 14.4 Å². The van der Waals surface area contributed by atoms with Crippen molar-refractivity contribution in [3.05, 3.63) is 35.9 Å². The van der Waals surface area contributed by atoms with Gasteiger partial charge in [-0.2, -0.15) is 0 Å². The molecule has 1 aromatic carbocycles. The second-order valence-electron chi connectivity index (χ2n) is 4.04. The van der Waals surface area contributed by atoms with Gasteiger partial charge in [0, 0.05) is 5.56 Å². The minimum Gasteiger partial charge on any atom is -0.483 e. The minimum absolute atomic E-state index is 0. The lowest BCUT2D eigenvalue weighted by Gasteiger charge is -2.35. The Morgan fingerprint density at radius 2 is 1.44 bits per heavy atom. The summed E-state index contributed by atoms with van der Waals surface area (Å²) in [5.74, 6) is 0. The van der Waals surface area contributed by atoms with E-state index in [0.717, 1.165) is 0 Å². The van der Waals surface area contributed by atoms with Crippen LogP contribution in [-0.2, 0) is 11.3 Å². The summed E-state index contributed by atoms with van der Waals surface area (Å²) < 4.78 is 1.20. The summed E-state index contributed by atoms with van der Waals surface area (Å²) in [5, 5.41) is 6.89. The van der Waals surface area contributed by atoms with Crippen molar-refractivity contribution in [1.82, 2.24) is 6.15 Å². The van der Waals surface area contributed by atoms with Crippen LogP contribution in [0.15, 0.2) is 30.3 Å². The van der Waals surface area contributed by atoms with Crippen LogP contribution in [0.2, 0.25) is 0 Å². The summed E-state index contributed by atoms with van der Waals surface area (Å²) >= 11 is 0. The molecule has 0 unspecified atom stereocenters. The van der Waals surface area contributed by atoms with Gasteiger partial charge < -0.3 is 15.7 Å². The topological polar surface area (TPSA) is 72.3 Å². The van der Waals surface area contributed by atoms with Crippen LogP contribution in [0, 0.1) is 0 Å². The molecule has 0 radical (unpaired) electrons. The lowest BCUT2D eigenvalue weighted by atomic mass is 10.2. The average Bonchev–Trinajstić information content (AvgIpc) is 2.38. The van der Waals surface area contributed by atoms with Gasteiger partial charge in [-0.25, -0.2) is 0 Å². The molecule has 0 aliphatic rings. The smallest absolute Gasteiger partial charge is 0.290 e. The highest BCUT2D eigenvalue weighted by atomic mass is 16.3. The molecule has 0 atom stereocenters. The van der Waals surface area contributed by atoms with Crippen molar-refractivity contribution in [3.8, 4) is 0 Å². The van der Waals surface area contributed by atoms with Crippen LogP contribution in [0.5, 0.6) is 0 Å². The third-order valence-electron chi connectivity index (χ3n) is 3.37. The fourth-order valence-corrected chi connectivity index (χ4v) is 1.98. The van der Waals surface area contributed by atoms with Gasteiger partial charge in [0.05, 0.1) is 19.6 Å². The van der Waals surface area contributed by atoms with E-state index in [0.29, 0.717) is 0 Å². The van der Waals surface area contributed by atoms with E-state index in [-0.39, 0.29) is 12.6 Å². The van der Waals surface area contributed by atoms with E-state index in [1.165, 1.54) is 36.2 Å². The van der Waals surface area contributed by atoms with E-state index in [9.17, 15) is 0 Å². The van der Waals surface area contributed by atoms with E-state index in [1.807, 2.05) is 0 Å². The molecule has 0 saturated carbocycles. The molecular formula is C14H27N2O2+. The molecule has 104 valence electrons. The average molecular weight is 255 g/mol. The molecule has 0 spiro atoms. The zero-order valence-electron chi connectivity index (χ0n) is 11.8. The molecule has 0 amide bonds. The maximum Gasteiger partial charge on any atom is 0.290 e. The first-order valence-electron chi connectivity index (χ1n) is 6.14. The van der Waals surface area contributed by atoms with Gasteiger partial charge in [0.1, 0.15) is 6.54 Å². The minimum atomic E-state index is -0.250. The van der Waals surface area contributed by atoms with Crippen LogP contribution < -0.4 is 6.15 Å². The lowest BCUT2D eigenvalue weighted by Crippen LogP contribution is -2.46. The van der Waals surface area contributed by atoms with Crippen LogP contribution in [-0.4, -0.2) is 35.7 Å². The maximum atomic E-state index is 8.36. The molecule has 0 fully saturated rings. The molecule has 0 bridgehead atoms. The number of carboxylic acid groups (broad SMARTS) is 1. The van der Waals surface area contributed by atoms with E-state index in [4.69, 9.17) is 9.90 Å². The van der Waals surface area contributed by atoms with Crippen LogP contribution in [0.1, 0.15) is 26.3 Å². The number of nitrogens with zero attached hydrogens (tertiary/aromatic N) is 1. The Bertz CT molecular complexity index is 290. The van der Waals surface area contributed by atoms with Gasteiger partial charge in [0.2, 0.25) is 0 Å². The van der Waals surface area contributed by atoms with E-state index < -0.39 is 0 Å².